The van der Waals surface area contributed by atoms with Gasteiger partial charge in [0, 0.05) is 37.7 Å². The fraction of sp³-hybridized carbons (Fsp3) is 0.500. The van der Waals surface area contributed by atoms with Crippen molar-refractivity contribution >= 4 is 17.5 Å². The molecule has 0 saturated carbocycles. The summed E-state index contributed by atoms with van der Waals surface area (Å²) in [6.45, 7) is 3.80. The van der Waals surface area contributed by atoms with Crippen LogP contribution in [0, 0.1) is 0 Å². The van der Waals surface area contributed by atoms with Gasteiger partial charge in [-0.25, -0.2) is 0 Å². The fourth-order valence-electron chi connectivity index (χ4n) is 2.16. The smallest absolute Gasteiger partial charge is 0.260 e. The van der Waals surface area contributed by atoms with Gasteiger partial charge >= 0.3 is 0 Å². The number of amides is 1. The van der Waals surface area contributed by atoms with Gasteiger partial charge in [0.1, 0.15) is 5.75 Å². The molecule has 0 aromatic heterocycles. The molecule has 110 valence electrons. The molecule has 0 spiro atoms. The van der Waals surface area contributed by atoms with E-state index in [1.54, 1.807) is 29.2 Å². The van der Waals surface area contributed by atoms with Gasteiger partial charge in [0.15, 0.2) is 6.61 Å². The highest BCUT2D eigenvalue weighted by atomic mass is 35.5. The Bertz CT molecular complexity index is 448. The molecule has 1 fully saturated rings. The third-order valence-corrected chi connectivity index (χ3v) is 3.53. The Balaban J connectivity index is 1.76. The van der Waals surface area contributed by atoms with E-state index in [0.717, 1.165) is 13.1 Å². The molecule has 1 saturated heterocycles. The highest BCUT2D eigenvalue weighted by Gasteiger charge is 2.20. The lowest BCUT2D eigenvalue weighted by Gasteiger charge is -2.34. The van der Waals surface area contributed by atoms with Gasteiger partial charge in [-0.3, -0.25) is 9.69 Å². The lowest BCUT2D eigenvalue weighted by Crippen LogP contribution is -2.50. The first-order valence-electron chi connectivity index (χ1n) is 6.68. The number of β-amino-alcohol motifs (C(OH)–C–C–N with tert-alkyl or cyclic N) is 1. The number of piperazine rings is 1. The molecule has 0 atom stereocenters. The van der Waals surface area contributed by atoms with Crippen LogP contribution in [0.1, 0.15) is 0 Å². The monoisotopic (exact) mass is 298 g/mol. The van der Waals surface area contributed by atoms with Crippen molar-refractivity contribution in [1.82, 2.24) is 9.80 Å². The SMILES string of the molecule is O=C(COc1cccc(Cl)c1)N1CCN(CCO)CC1. The van der Waals surface area contributed by atoms with E-state index >= 15 is 0 Å². The Hall–Kier alpha value is -1.30. The van der Waals surface area contributed by atoms with Gasteiger partial charge in [0.05, 0.1) is 6.61 Å². The summed E-state index contributed by atoms with van der Waals surface area (Å²) in [5.74, 6) is 0.582. The third kappa shape index (κ3) is 4.37. The minimum atomic E-state index is -0.0198. The number of ether oxygens (including phenoxy) is 1. The predicted octanol–water partition coefficient (Wildman–Crippen LogP) is 0.855. The number of benzene rings is 1. The van der Waals surface area contributed by atoms with Gasteiger partial charge in [-0.1, -0.05) is 17.7 Å². The van der Waals surface area contributed by atoms with Gasteiger partial charge < -0.3 is 14.7 Å². The summed E-state index contributed by atoms with van der Waals surface area (Å²) in [6, 6.07) is 7.01. The number of carbonyl (C=O) groups is 1. The van der Waals surface area contributed by atoms with Crippen molar-refractivity contribution in [2.45, 2.75) is 0 Å². The molecular weight excluding hydrogens is 280 g/mol. The number of aliphatic hydroxyl groups is 1. The van der Waals surface area contributed by atoms with Crippen LogP contribution >= 0.6 is 11.6 Å². The summed E-state index contributed by atoms with van der Waals surface area (Å²) in [7, 11) is 0. The van der Waals surface area contributed by atoms with Crippen LogP contribution in [0.4, 0.5) is 0 Å². The van der Waals surface area contributed by atoms with E-state index in [1.165, 1.54) is 0 Å². The Morgan fingerprint density at radius 2 is 2.05 bits per heavy atom. The second-order valence-electron chi connectivity index (χ2n) is 4.69. The highest BCUT2D eigenvalue weighted by Crippen LogP contribution is 2.17. The van der Waals surface area contributed by atoms with Crippen molar-refractivity contribution < 1.29 is 14.6 Å². The molecular formula is C14H19ClN2O3. The Kier molecular flexibility index (Phi) is 5.64. The van der Waals surface area contributed by atoms with Crippen LogP contribution in [0.2, 0.25) is 5.02 Å². The second kappa shape index (κ2) is 7.47. The lowest BCUT2D eigenvalue weighted by molar-refractivity contribution is -0.135. The van der Waals surface area contributed by atoms with Crippen molar-refractivity contribution in [1.29, 1.82) is 0 Å². The van der Waals surface area contributed by atoms with Gasteiger partial charge in [-0.05, 0) is 18.2 Å². The highest BCUT2D eigenvalue weighted by molar-refractivity contribution is 6.30. The first kappa shape index (κ1) is 15.1. The molecule has 0 unspecified atom stereocenters. The fourth-order valence-corrected chi connectivity index (χ4v) is 2.34. The predicted molar refractivity (Wildman–Crippen MR) is 77.1 cm³/mol. The number of hydrogen-bond donors (Lipinski definition) is 1. The number of hydrogen-bond acceptors (Lipinski definition) is 4. The van der Waals surface area contributed by atoms with Crippen molar-refractivity contribution in [2.24, 2.45) is 0 Å². The number of rotatable bonds is 5. The maximum atomic E-state index is 12.0. The number of aliphatic hydroxyl groups excluding tert-OH is 1. The average molecular weight is 299 g/mol. The van der Waals surface area contributed by atoms with Gasteiger partial charge in [-0.15, -0.1) is 0 Å². The third-order valence-electron chi connectivity index (χ3n) is 3.30. The normalized spacial score (nSPS) is 16.2. The average Bonchev–Trinajstić information content (AvgIpc) is 2.46. The zero-order valence-corrected chi connectivity index (χ0v) is 12.1. The Labute approximate surface area is 123 Å². The van der Waals surface area contributed by atoms with Crippen LogP contribution in [-0.2, 0) is 4.79 Å². The summed E-state index contributed by atoms with van der Waals surface area (Å²) in [5.41, 5.74) is 0. The van der Waals surface area contributed by atoms with E-state index in [4.69, 9.17) is 21.4 Å². The van der Waals surface area contributed by atoms with E-state index in [0.29, 0.717) is 30.4 Å². The molecule has 1 aliphatic heterocycles. The molecule has 20 heavy (non-hydrogen) atoms. The zero-order chi connectivity index (χ0) is 14.4. The van der Waals surface area contributed by atoms with Crippen LogP contribution in [0.25, 0.3) is 0 Å². The van der Waals surface area contributed by atoms with Crippen molar-refractivity contribution in [3.8, 4) is 5.75 Å². The van der Waals surface area contributed by atoms with Gasteiger partial charge in [-0.2, -0.15) is 0 Å². The van der Waals surface area contributed by atoms with Gasteiger partial charge in [0.25, 0.3) is 5.91 Å². The molecule has 1 amide bonds. The zero-order valence-electron chi connectivity index (χ0n) is 11.3. The molecule has 2 rings (SSSR count). The maximum Gasteiger partial charge on any atom is 0.260 e. The largest absolute Gasteiger partial charge is 0.484 e. The van der Waals surface area contributed by atoms with Crippen molar-refractivity contribution in [2.75, 3.05) is 45.9 Å². The molecule has 0 bridgehead atoms. The molecule has 1 aromatic carbocycles. The molecule has 1 N–H and O–H groups in total. The van der Waals surface area contributed by atoms with Crippen LogP contribution < -0.4 is 4.74 Å². The summed E-state index contributed by atoms with van der Waals surface area (Å²) >= 11 is 5.85. The van der Waals surface area contributed by atoms with Crippen LogP contribution in [-0.4, -0.2) is 66.8 Å². The molecule has 1 aromatic rings. The molecule has 1 aliphatic rings. The van der Waals surface area contributed by atoms with E-state index in [-0.39, 0.29) is 19.1 Å². The van der Waals surface area contributed by atoms with E-state index in [1.807, 2.05) is 0 Å². The quantitative estimate of drug-likeness (QED) is 0.876. The summed E-state index contributed by atoms with van der Waals surface area (Å²) in [6.07, 6.45) is 0. The molecule has 6 heteroatoms. The van der Waals surface area contributed by atoms with Crippen LogP contribution in [0.15, 0.2) is 24.3 Å². The topological polar surface area (TPSA) is 53.0 Å². The lowest BCUT2D eigenvalue weighted by atomic mass is 10.3. The standard InChI is InChI=1S/C14H19ClN2O3/c15-12-2-1-3-13(10-12)20-11-14(19)17-6-4-16(5-7-17)8-9-18/h1-3,10,18H,4-9,11H2. The van der Waals surface area contributed by atoms with Crippen LogP contribution in [0.5, 0.6) is 5.75 Å². The minimum Gasteiger partial charge on any atom is -0.484 e. The number of halogens is 1. The number of carbonyl (C=O) groups excluding carboxylic acids is 1. The molecule has 5 nitrogen and oxygen atoms in total. The summed E-state index contributed by atoms with van der Waals surface area (Å²) < 4.78 is 5.45. The van der Waals surface area contributed by atoms with Crippen LogP contribution in [0.3, 0.4) is 0 Å². The Morgan fingerprint density at radius 3 is 2.70 bits per heavy atom. The molecule has 0 radical (unpaired) electrons. The first-order valence-corrected chi connectivity index (χ1v) is 7.06. The van der Waals surface area contributed by atoms with E-state index < -0.39 is 0 Å². The number of nitrogens with zero attached hydrogens (tertiary/aromatic N) is 2. The Morgan fingerprint density at radius 1 is 1.30 bits per heavy atom. The van der Waals surface area contributed by atoms with Crippen molar-refractivity contribution in [3.63, 3.8) is 0 Å². The summed E-state index contributed by atoms with van der Waals surface area (Å²) in [5, 5.41) is 9.46. The van der Waals surface area contributed by atoms with E-state index in [9.17, 15) is 4.79 Å². The van der Waals surface area contributed by atoms with Gasteiger partial charge in [0.2, 0.25) is 0 Å². The summed E-state index contributed by atoms with van der Waals surface area (Å²) in [4.78, 5) is 16.0. The van der Waals surface area contributed by atoms with Crippen molar-refractivity contribution in [3.05, 3.63) is 29.3 Å². The minimum absolute atomic E-state index is 0.0198. The second-order valence-corrected chi connectivity index (χ2v) is 5.13. The van der Waals surface area contributed by atoms with E-state index in [2.05, 4.69) is 4.90 Å². The molecule has 0 aliphatic carbocycles. The molecule has 1 heterocycles. The maximum absolute atomic E-state index is 12.0. The first-order chi connectivity index (χ1) is 9.69.